The van der Waals surface area contributed by atoms with Gasteiger partial charge < -0.3 is 19.2 Å². The van der Waals surface area contributed by atoms with Crippen molar-refractivity contribution in [1.29, 1.82) is 0 Å². The van der Waals surface area contributed by atoms with Crippen LogP contribution in [0.3, 0.4) is 0 Å². The molecule has 3 heterocycles. The fourth-order valence-corrected chi connectivity index (χ4v) is 5.80. The van der Waals surface area contributed by atoms with E-state index in [4.69, 9.17) is 32.4 Å². The zero-order valence-electron chi connectivity index (χ0n) is 19.2. The van der Waals surface area contributed by atoms with Crippen LogP contribution in [0.2, 0.25) is 10.0 Å². The molecule has 0 bridgehead atoms. The Morgan fingerprint density at radius 1 is 1.17 bits per heavy atom. The van der Waals surface area contributed by atoms with Gasteiger partial charge in [0.25, 0.3) is 0 Å². The van der Waals surface area contributed by atoms with E-state index < -0.39 is 6.10 Å². The molecule has 1 saturated heterocycles. The number of piperidine rings is 1. The molecule has 2 aromatic heterocycles. The number of aliphatic hydroxyl groups is 1. The van der Waals surface area contributed by atoms with Crippen molar-refractivity contribution in [1.82, 2.24) is 9.88 Å². The fraction of sp³-hybridized carbons (Fsp3) is 0.346. The maximum atomic E-state index is 10.6. The van der Waals surface area contributed by atoms with Crippen LogP contribution < -0.4 is 4.74 Å². The Kier molecular flexibility index (Phi) is 8.63. The molecule has 1 N–H and O–H groups in total. The Bertz CT molecular complexity index is 1280. The molecular formula is C26H27Cl3N2O3S. The van der Waals surface area contributed by atoms with E-state index in [1.165, 1.54) is 5.56 Å². The van der Waals surface area contributed by atoms with E-state index in [-0.39, 0.29) is 19.0 Å². The van der Waals surface area contributed by atoms with Gasteiger partial charge in [0.05, 0.1) is 21.1 Å². The van der Waals surface area contributed by atoms with Gasteiger partial charge in [-0.2, -0.15) is 0 Å². The quantitative estimate of drug-likeness (QED) is 0.262. The number of rotatable bonds is 7. The summed E-state index contributed by atoms with van der Waals surface area (Å²) in [4.78, 5) is 7.59. The molecule has 0 aliphatic carbocycles. The van der Waals surface area contributed by atoms with Gasteiger partial charge in [0.2, 0.25) is 5.89 Å². The number of oxazole rings is 1. The summed E-state index contributed by atoms with van der Waals surface area (Å²) in [5, 5.41) is 12.9. The van der Waals surface area contributed by atoms with Crippen LogP contribution in [0.15, 0.2) is 53.1 Å². The lowest BCUT2D eigenvalue weighted by Gasteiger charge is -2.33. The lowest BCUT2D eigenvalue weighted by atomic mass is 9.89. The maximum Gasteiger partial charge on any atom is 0.236 e. The molecule has 0 unspecified atom stereocenters. The van der Waals surface area contributed by atoms with Crippen LogP contribution in [0.4, 0.5) is 0 Å². The number of aliphatic hydroxyl groups excluding tert-OH is 1. The van der Waals surface area contributed by atoms with Crippen molar-refractivity contribution in [3.63, 3.8) is 0 Å². The second-order valence-corrected chi connectivity index (χ2v) is 10.7. The Morgan fingerprint density at radius 3 is 2.69 bits per heavy atom. The third-order valence-corrected chi connectivity index (χ3v) is 8.08. The predicted octanol–water partition coefficient (Wildman–Crippen LogP) is 7.21. The number of nitrogens with zero attached hydrogens (tertiary/aromatic N) is 2. The first-order chi connectivity index (χ1) is 16.5. The van der Waals surface area contributed by atoms with Gasteiger partial charge in [-0.1, -0.05) is 35.3 Å². The predicted molar refractivity (Wildman–Crippen MR) is 146 cm³/mol. The molecule has 35 heavy (non-hydrogen) atoms. The van der Waals surface area contributed by atoms with Crippen molar-refractivity contribution in [2.75, 3.05) is 26.2 Å². The van der Waals surface area contributed by atoms with Crippen LogP contribution in [-0.4, -0.2) is 47.3 Å². The average Bonchev–Trinajstić information content (AvgIpc) is 3.46. The Hall–Kier alpha value is -1.80. The number of thiophene rings is 1. The number of likely N-dealkylation sites (tertiary alicyclic amines) is 1. The molecule has 5 nitrogen and oxygen atoms in total. The monoisotopic (exact) mass is 552 g/mol. The first-order valence-electron chi connectivity index (χ1n) is 11.4. The normalized spacial score (nSPS) is 15.8. The first-order valence-corrected chi connectivity index (χ1v) is 13.0. The summed E-state index contributed by atoms with van der Waals surface area (Å²) in [7, 11) is 0. The average molecular weight is 554 g/mol. The zero-order valence-corrected chi connectivity index (χ0v) is 22.4. The fourth-order valence-electron chi connectivity index (χ4n) is 4.49. The maximum absolute atomic E-state index is 10.6. The summed E-state index contributed by atoms with van der Waals surface area (Å²) in [6.07, 6.45) is 3.22. The Balaban J connectivity index is 0.00000289. The summed E-state index contributed by atoms with van der Waals surface area (Å²) >= 11 is 13.9. The lowest BCUT2D eigenvalue weighted by Crippen LogP contribution is -2.40. The third-order valence-electron chi connectivity index (χ3n) is 6.26. The van der Waals surface area contributed by atoms with Gasteiger partial charge in [-0.3, -0.25) is 0 Å². The minimum atomic E-state index is -0.565. The molecule has 1 aliphatic rings. The molecule has 1 aliphatic heterocycles. The molecule has 1 atom stereocenters. The van der Waals surface area contributed by atoms with Crippen molar-refractivity contribution >= 4 is 57.0 Å². The number of hydrogen-bond donors (Lipinski definition) is 1. The van der Waals surface area contributed by atoms with Gasteiger partial charge in [-0.25, -0.2) is 4.98 Å². The molecule has 0 radical (unpaired) electrons. The number of aromatic nitrogens is 1. The number of benzene rings is 2. The number of halogens is 3. The molecule has 2 aromatic carbocycles. The largest absolute Gasteiger partial charge is 0.490 e. The van der Waals surface area contributed by atoms with E-state index in [0.717, 1.165) is 52.4 Å². The molecule has 5 rings (SSSR count). The summed E-state index contributed by atoms with van der Waals surface area (Å²) < 4.78 is 12.8. The highest BCUT2D eigenvalue weighted by Gasteiger charge is 2.23. The van der Waals surface area contributed by atoms with Crippen LogP contribution in [-0.2, 0) is 0 Å². The van der Waals surface area contributed by atoms with E-state index in [1.807, 2.05) is 37.3 Å². The van der Waals surface area contributed by atoms with Gasteiger partial charge in [-0.05, 0) is 74.7 Å². The molecule has 0 amide bonds. The van der Waals surface area contributed by atoms with Gasteiger partial charge in [0.1, 0.15) is 24.2 Å². The van der Waals surface area contributed by atoms with Crippen molar-refractivity contribution < 1.29 is 14.3 Å². The topological polar surface area (TPSA) is 58.7 Å². The molecule has 0 spiro atoms. The van der Waals surface area contributed by atoms with Crippen molar-refractivity contribution in [3.8, 4) is 16.5 Å². The van der Waals surface area contributed by atoms with Crippen LogP contribution in [0, 0.1) is 6.92 Å². The Morgan fingerprint density at radius 2 is 1.97 bits per heavy atom. The number of β-amino-alcohol motifs (C(OH)–C–C–N with tert-alkyl or cyclic N) is 1. The molecule has 1 fully saturated rings. The molecule has 9 heteroatoms. The minimum Gasteiger partial charge on any atom is -0.490 e. The van der Waals surface area contributed by atoms with Crippen molar-refractivity contribution in [2.24, 2.45) is 0 Å². The van der Waals surface area contributed by atoms with E-state index >= 15 is 0 Å². The smallest absolute Gasteiger partial charge is 0.236 e. The summed E-state index contributed by atoms with van der Waals surface area (Å²) in [5.41, 5.74) is 1.24. The van der Waals surface area contributed by atoms with Crippen LogP contribution in [0.25, 0.3) is 20.9 Å². The Labute approximate surface area is 225 Å². The van der Waals surface area contributed by atoms with Crippen molar-refractivity contribution in [2.45, 2.75) is 31.8 Å². The highest BCUT2D eigenvalue weighted by Crippen LogP contribution is 2.38. The molecule has 0 saturated carbocycles. The number of fused-ring (bicyclic) bond motifs is 1. The second-order valence-electron chi connectivity index (χ2n) is 8.77. The molecule has 186 valence electrons. The highest BCUT2D eigenvalue weighted by atomic mass is 35.5. The van der Waals surface area contributed by atoms with Crippen LogP contribution in [0.5, 0.6) is 5.75 Å². The summed E-state index contributed by atoms with van der Waals surface area (Å²) in [5.74, 6) is 2.64. The van der Waals surface area contributed by atoms with E-state index in [0.29, 0.717) is 28.4 Å². The summed E-state index contributed by atoms with van der Waals surface area (Å²) in [6.45, 7) is 4.58. The van der Waals surface area contributed by atoms with Gasteiger partial charge in [0.15, 0.2) is 0 Å². The van der Waals surface area contributed by atoms with Crippen molar-refractivity contribution in [3.05, 3.63) is 70.0 Å². The first kappa shape index (κ1) is 26.3. The van der Waals surface area contributed by atoms with E-state index in [1.54, 1.807) is 17.5 Å². The van der Waals surface area contributed by atoms with Gasteiger partial charge in [-0.15, -0.1) is 23.7 Å². The standard InChI is InChI=1S/C26H26Cl2N2O3S.ClH/c1-16-13-29-26(33-16)25-12-20-23(3-2-4-24(20)34-25)32-15-19(31)14-30-9-7-17(8-10-30)18-5-6-21(27)22(28)11-18;/h2-6,11-13,17,19,31H,7-10,14-15H2,1H3;1H/t19-;/m0./s1. The van der Waals surface area contributed by atoms with E-state index in [9.17, 15) is 5.11 Å². The van der Waals surface area contributed by atoms with Crippen LogP contribution >= 0.6 is 46.9 Å². The van der Waals surface area contributed by atoms with Crippen LogP contribution in [0.1, 0.15) is 30.1 Å². The van der Waals surface area contributed by atoms with Gasteiger partial charge >= 0.3 is 0 Å². The highest BCUT2D eigenvalue weighted by molar-refractivity contribution is 7.22. The minimum absolute atomic E-state index is 0. The summed E-state index contributed by atoms with van der Waals surface area (Å²) in [6, 6.07) is 13.9. The third kappa shape index (κ3) is 6.13. The number of ether oxygens (including phenoxy) is 1. The molecular weight excluding hydrogens is 527 g/mol. The second kappa shape index (κ2) is 11.5. The molecule has 4 aromatic rings. The SMILES string of the molecule is Cc1cnc(-c2cc3c(OC[C@@H](O)CN4CCC(c5ccc(Cl)c(Cl)c5)CC4)cccc3s2)o1.Cl. The van der Waals surface area contributed by atoms with E-state index in [2.05, 4.69) is 22.0 Å². The van der Waals surface area contributed by atoms with Gasteiger partial charge in [0, 0.05) is 16.6 Å². The zero-order chi connectivity index (χ0) is 23.7. The number of aryl methyl sites for hydroxylation is 1. The lowest BCUT2D eigenvalue weighted by molar-refractivity contribution is 0.0599. The number of hydrogen-bond acceptors (Lipinski definition) is 6.